The Morgan fingerprint density at radius 1 is 0.765 bits per heavy atom. The first kappa shape index (κ1) is 24.8. The second-order valence-electron chi connectivity index (χ2n) is 8.91. The van der Waals surface area contributed by atoms with Gasteiger partial charge in [0.15, 0.2) is 0 Å². The number of rotatable bonds is 5. The number of anilines is 1. The Labute approximate surface area is 195 Å². The summed E-state index contributed by atoms with van der Waals surface area (Å²) in [6, 6.07) is 16.7. The maximum atomic E-state index is 12.8. The highest BCUT2D eigenvalue weighted by molar-refractivity contribution is 5.90. The average Bonchev–Trinajstić information content (AvgIpc) is 2.77. The molecule has 0 aliphatic heterocycles. The lowest BCUT2D eigenvalue weighted by molar-refractivity contribution is -0.137. The molecule has 0 aromatic heterocycles. The molecule has 34 heavy (non-hydrogen) atoms. The van der Waals surface area contributed by atoms with Gasteiger partial charge >= 0.3 is 18.2 Å². The molecule has 0 saturated carbocycles. The Kier molecular flexibility index (Phi) is 7.00. The van der Waals surface area contributed by atoms with Crippen molar-refractivity contribution in [2.45, 2.75) is 38.4 Å². The summed E-state index contributed by atoms with van der Waals surface area (Å²) >= 11 is 0. The van der Waals surface area contributed by atoms with Crippen LogP contribution >= 0.6 is 0 Å². The molecule has 0 saturated heterocycles. The van der Waals surface area contributed by atoms with Crippen LogP contribution in [0.1, 0.15) is 59.4 Å². The van der Waals surface area contributed by atoms with E-state index in [4.69, 9.17) is 5.11 Å². The minimum atomic E-state index is -4.47. The number of urea groups is 1. The summed E-state index contributed by atoms with van der Waals surface area (Å²) in [6.45, 7) is 6.25. The van der Waals surface area contributed by atoms with E-state index in [2.05, 4.69) is 31.4 Å². The van der Waals surface area contributed by atoms with Gasteiger partial charge in [-0.3, -0.25) is 0 Å². The van der Waals surface area contributed by atoms with Gasteiger partial charge in [-0.1, -0.05) is 57.2 Å². The van der Waals surface area contributed by atoms with E-state index in [-0.39, 0.29) is 16.7 Å². The van der Waals surface area contributed by atoms with Gasteiger partial charge in [0.1, 0.15) is 0 Å². The Morgan fingerprint density at radius 3 is 1.68 bits per heavy atom. The van der Waals surface area contributed by atoms with Crippen molar-refractivity contribution in [2.24, 2.45) is 0 Å². The second kappa shape index (κ2) is 9.59. The molecule has 0 aliphatic carbocycles. The smallest absolute Gasteiger partial charge is 0.416 e. The van der Waals surface area contributed by atoms with E-state index in [9.17, 15) is 22.8 Å². The summed E-state index contributed by atoms with van der Waals surface area (Å²) in [5.74, 6) is -1.06. The van der Waals surface area contributed by atoms with Crippen LogP contribution in [-0.2, 0) is 11.6 Å². The average molecular weight is 470 g/mol. The molecule has 0 radical (unpaired) electrons. The Hall–Kier alpha value is -3.81. The van der Waals surface area contributed by atoms with Crippen LogP contribution in [0.15, 0.2) is 72.8 Å². The minimum Gasteiger partial charge on any atom is -0.478 e. The fourth-order valence-electron chi connectivity index (χ4n) is 3.39. The normalized spacial score (nSPS) is 12.6. The summed E-state index contributed by atoms with van der Waals surface area (Å²) in [6.07, 6.45) is -4.47. The van der Waals surface area contributed by atoms with Gasteiger partial charge in [-0.2, -0.15) is 13.2 Å². The van der Waals surface area contributed by atoms with Gasteiger partial charge in [-0.15, -0.1) is 0 Å². The highest BCUT2D eigenvalue weighted by Gasteiger charge is 2.30. The van der Waals surface area contributed by atoms with Crippen molar-refractivity contribution in [3.63, 3.8) is 0 Å². The molecular formula is C26H25F3N2O3. The molecule has 3 N–H and O–H groups in total. The summed E-state index contributed by atoms with van der Waals surface area (Å²) in [7, 11) is 0. The first-order valence-corrected chi connectivity index (χ1v) is 10.5. The van der Waals surface area contributed by atoms with Gasteiger partial charge in [-0.05, 0) is 58.5 Å². The number of carboxylic acid groups (broad SMARTS) is 1. The molecule has 0 spiro atoms. The Morgan fingerprint density at radius 2 is 1.24 bits per heavy atom. The number of hydrogen-bond donors (Lipinski definition) is 3. The lowest BCUT2D eigenvalue weighted by Gasteiger charge is -2.23. The zero-order chi connectivity index (χ0) is 25.1. The van der Waals surface area contributed by atoms with Crippen LogP contribution in [-0.4, -0.2) is 17.1 Å². The maximum absolute atomic E-state index is 12.8. The number of hydrogen-bond acceptors (Lipinski definition) is 2. The van der Waals surface area contributed by atoms with E-state index in [1.54, 1.807) is 12.1 Å². The summed E-state index contributed by atoms with van der Waals surface area (Å²) < 4.78 is 38.3. The molecule has 0 bridgehead atoms. The zero-order valence-corrected chi connectivity index (χ0v) is 18.9. The molecule has 8 heteroatoms. The second-order valence-corrected chi connectivity index (χ2v) is 8.91. The van der Waals surface area contributed by atoms with Crippen LogP contribution in [0.3, 0.4) is 0 Å². The quantitative estimate of drug-likeness (QED) is 0.393. The number of aromatic carboxylic acids is 1. The number of alkyl halides is 3. The molecule has 5 nitrogen and oxygen atoms in total. The highest BCUT2D eigenvalue weighted by atomic mass is 19.4. The van der Waals surface area contributed by atoms with Crippen molar-refractivity contribution in [1.29, 1.82) is 0 Å². The lowest BCUT2D eigenvalue weighted by Crippen LogP contribution is -2.33. The predicted molar refractivity (Wildman–Crippen MR) is 124 cm³/mol. The summed E-state index contributed by atoms with van der Waals surface area (Å²) in [5, 5.41) is 14.5. The molecule has 2 amide bonds. The molecule has 1 unspecified atom stereocenters. The van der Waals surface area contributed by atoms with Crippen molar-refractivity contribution in [2.75, 3.05) is 5.32 Å². The first-order valence-electron chi connectivity index (χ1n) is 10.5. The standard InChI is InChI=1S/C26H25F3N2O3/c1-25(2,3)19-10-8-17(9-11-19)22(16-4-6-18(7-5-16)23(32)33)31-24(34)30-21-14-12-20(13-15-21)26(27,28)29/h4-15,22H,1-3H3,(H,32,33)(H2,30,31,34). The highest BCUT2D eigenvalue weighted by Crippen LogP contribution is 2.30. The molecule has 1 atom stereocenters. The monoisotopic (exact) mass is 470 g/mol. The van der Waals surface area contributed by atoms with Gasteiger partial charge in [0.25, 0.3) is 0 Å². The predicted octanol–water partition coefficient (Wildman–Crippen LogP) is 6.61. The van der Waals surface area contributed by atoms with Gasteiger partial charge in [0.05, 0.1) is 17.2 Å². The van der Waals surface area contributed by atoms with Crippen molar-refractivity contribution >= 4 is 17.7 Å². The van der Waals surface area contributed by atoms with Crippen molar-refractivity contribution < 1.29 is 27.9 Å². The third-order valence-electron chi connectivity index (χ3n) is 5.35. The van der Waals surface area contributed by atoms with E-state index in [0.29, 0.717) is 5.56 Å². The fraction of sp³-hybridized carbons (Fsp3) is 0.231. The lowest BCUT2D eigenvalue weighted by atomic mass is 9.85. The van der Waals surface area contributed by atoms with Crippen LogP contribution in [0.4, 0.5) is 23.7 Å². The van der Waals surface area contributed by atoms with Gasteiger partial charge in [0, 0.05) is 5.69 Å². The van der Waals surface area contributed by atoms with Crippen molar-refractivity contribution in [3.8, 4) is 0 Å². The number of carbonyl (C=O) groups is 2. The largest absolute Gasteiger partial charge is 0.478 e. The maximum Gasteiger partial charge on any atom is 0.416 e. The minimum absolute atomic E-state index is 0.0649. The van der Waals surface area contributed by atoms with Crippen LogP contribution in [0.2, 0.25) is 0 Å². The number of carboxylic acids is 1. The Bertz CT molecular complexity index is 1150. The van der Waals surface area contributed by atoms with Gasteiger partial charge < -0.3 is 15.7 Å². The number of halogens is 3. The molecule has 3 aromatic carbocycles. The topological polar surface area (TPSA) is 78.4 Å². The third-order valence-corrected chi connectivity index (χ3v) is 5.35. The molecular weight excluding hydrogens is 445 g/mol. The molecule has 3 aromatic rings. The van der Waals surface area contributed by atoms with Crippen molar-refractivity contribution in [3.05, 3.63) is 101 Å². The van der Waals surface area contributed by atoms with Crippen LogP contribution < -0.4 is 10.6 Å². The van der Waals surface area contributed by atoms with Crippen LogP contribution in [0.25, 0.3) is 0 Å². The molecule has 0 aliphatic rings. The van der Waals surface area contributed by atoms with Gasteiger partial charge in [-0.25, -0.2) is 9.59 Å². The molecule has 178 valence electrons. The SMILES string of the molecule is CC(C)(C)c1ccc(C(NC(=O)Nc2ccc(C(F)(F)F)cc2)c2ccc(C(=O)O)cc2)cc1. The van der Waals surface area contributed by atoms with Gasteiger partial charge in [0.2, 0.25) is 0 Å². The van der Waals surface area contributed by atoms with E-state index < -0.39 is 29.8 Å². The van der Waals surface area contributed by atoms with E-state index in [1.807, 2.05) is 24.3 Å². The molecule has 3 rings (SSSR count). The molecule has 0 fully saturated rings. The van der Waals surface area contributed by atoms with E-state index >= 15 is 0 Å². The summed E-state index contributed by atoms with van der Waals surface area (Å²) in [5.41, 5.74) is 1.95. The number of nitrogens with one attached hydrogen (secondary N) is 2. The fourth-order valence-corrected chi connectivity index (χ4v) is 3.39. The Balaban J connectivity index is 1.86. The molecule has 0 heterocycles. The zero-order valence-electron chi connectivity index (χ0n) is 18.9. The van der Waals surface area contributed by atoms with E-state index in [1.165, 1.54) is 24.3 Å². The summed E-state index contributed by atoms with van der Waals surface area (Å²) in [4.78, 5) is 23.9. The number of benzene rings is 3. The number of carbonyl (C=O) groups excluding carboxylic acids is 1. The van der Waals surface area contributed by atoms with Crippen molar-refractivity contribution in [1.82, 2.24) is 5.32 Å². The number of amides is 2. The van der Waals surface area contributed by atoms with Crippen LogP contribution in [0.5, 0.6) is 0 Å². The van der Waals surface area contributed by atoms with Crippen LogP contribution in [0, 0.1) is 0 Å². The van der Waals surface area contributed by atoms with E-state index in [0.717, 1.165) is 23.3 Å². The first-order chi connectivity index (χ1) is 15.8. The third kappa shape index (κ3) is 6.15.